The number of imidazole rings is 1. The van der Waals surface area contributed by atoms with E-state index in [9.17, 15) is 9.59 Å². The molecule has 31 heavy (non-hydrogen) atoms. The number of aromatic nitrogens is 2. The number of para-hydroxylation sites is 3. The molecule has 1 atom stereocenters. The Morgan fingerprint density at radius 1 is 1.06 bits per heavy atom. The smallest absolute Gasteiger partial charge is 0.326 e. The number of piperidine rings is 1. The van der Waals surface area contributed by atoms with E-state index in [1.54, 1.807) is 0 Å². The van der Waals surface area contributed by atoms with Crippen LogP contribution in [0.5, 0.6) is 5.75 Å². The lowest BCUT2D eigenvalue weighted by molar-refractivity contribution is 0.0631. The van der Waals surface area contributed by atoms with E-state index in [2.05, 4.69) is 4.98 Å². The van der Waals surface area contributed by atoms with Crippen molar-refractivity contribution in [3.63, 3.8) is 0 Å². The van der Waals surface area contributed by atoms with Gasteiger partial charge in [-0.05, 0) is 49.9 Å². The highest BCUT2D eigenvalue weighted by molar-refractivity contribution is 5.97. The first-order chi connectivity index (χ1) is 15.2. The van der Waals surface area contributed by atoms with Gasteiger partial charge < -0.3 is 19.4 Å². The minimum atomic E-state index is -0.0844. The number of aromatic amines is 1. The Morgan fingerprint density at radius 3 is 2.65 bits per heavy atom. The summed E-state index contributed by atoms with van der Waals surface area (Å²) in [6.07, 6.45) is 3.65. The van der Waals surface area contributed by atoms with Gasteiger partial charge in [-0.2, -0.15) is 0 Å². The lowest BCUT2D eigenvalue weighted by atomic mass is 10.0. The lowest BCUT2D eigenvalue weighted by Gasteiger charge is -2.33. The third-order valence-electron chi connectivity index (χ3n) is 6.31. The summed E-state index contributed by atoms with van der Waals surface area (Å²) in [6.45, 7) is 2.46. The zero-order valence-electron chi connectivity index (χ0n) is 17.5. The minimum Gasteiger partial charge on any atom is -0.490 e. The van der Waals surface area contributed by atoms with Crippen molar-refractivity contribution in [2.45, 2.75) is 37.8 Å². The van der Waals surface area contributed by atoms with Crippen LogP contribution in [0.1, 0.15) is 42.1 Å². The van der Waals surface area contributed by atoms with Gasteiger partial charge in [0.2, 0.25) is 0 Å². The summed E-state index contributed by atoms with van der Waals surface area (Å²) in [5, 5.41) is 0. The first-order valence-corrected chi connectivity index (χ1v) is 11.0. The van der Waals surface area contributed by atoms with Gasteiger partial charge >= 0.3 is 5.69 Å². The summed E-state index contributed by atoms with van der Waals surface area (Å²) in [6, 6.07) is 15.2. The normalized spacial score (nSPS) is 19.7. The molecule has 2 aromatic carbocycles. The molecule has 0 radical (unpaired) electrons. The molecule has 2 aliphatic rings. The molecule has 1 unspecified atom stereocenters. The number of hydrogen-bond donors (Lipinski definition) is 1. The first-order valence-electron chi connectivity index (χ1n) is 11.0. The molecule has 162 valence electrons. The molecule has 7 heteroatoms. The van der Waals surface area contributed by atoms with Crippen LogP contribution in [0.3, 0.4) is 0 Å². The highest BCUT2D eigenvalue weighted by Gasteiger charge is 2.28. The van der Waals surface area contributed by atoms with Crippen LogP contribution in [-0.4, -0.2) is 52.8 Å². The molecule has 7 nitrogen and oxygen atoms in total. The largest absolute Gasteiger partial charge is 0.490 e. The molecule has 0 saturated carbocycles. The van der Waals surface area contributed by atoms with Gasteiger partial charge in [0.25, 0.3) is 5.91 Å². The van der Waals surface area contributed by atoms with Gasteiger partial charge in [-0.25, -0.2) is 4.79 Å². The van der Waals surface area contributed by atoms with Gasteiger partial charge in [0.05, 0.1) is 22.7 Å². The highest BCUT2D eigenvalue weighted by Crippen LogP contribution is 2.28. The van der Waals surface area contributed by atoms with Gasteiger partial charge in [0, 0.05) is 25.7 Å². The maximum absolute atomic E-state index is 13.2. The summed E-state index contributed by atoms with van der Waals surface area (Å²) in [5.41, 5.74) is 2.27. The molecule has 2 aliphatic heterocycles. The number of nitrogens with one attached hydrogen (secondary N) is 1. The van der Waals surface area contributed by atoms with Gasteiger partial charge in [0.1, 0.15) is 12.4 Å². The Hall–Kier alpha value is -3.06. The summed E-state index contributed by atoms with van der Waals surface area (Å²) in [5.74, 6) is 0.589. The number of H-pyrrole nitrogens is 1. The van der Waals surface area contributed by atoms with Crippen molar-refractivity contribution in [1.82, 2.24) is 14.5 Å². The number of hydrogen-bond acceptors (Lipinski definition) is 4. The second-order valence-corrected chi connectivity index (χ2v) is 8.28. The Labute approximate surface area is 180 Å². The standard InChI is InChI=1S/C24H27N3O4/c28-23(19-7-1-4-10-22(19)31-16-18-6-5-15-30-18)26-13-11-17(12-14-26)27-21-9-3-2-8-20(21)25-24(27)29/h1-4,7-10,17-18H,5-6,11-16H2,(H,25,29). The number of fused-ring (bicyclic) bond motifs is 1. The van der Waals surface area contributed by atoms with Crippen LogP contribution in [0, 0.1) is 0 Å². The average molecular weight is 421 g/mol. The Balaban J connectivity index is 1.27. The van der Waals surface area contributed by atoms with Gasteiger partial charge in [0.15, 0.2) is 0 Å². The zero-order valence-corrected chi connectivity index (χ0v) is 17.5. The number of rotatable bonds is 5. The second-order valence-electron chi connectivity index (χ2n) is 8.28. The SMILES string of the molecule is O=C(c1ccccc1OCC1CCCO1)N1CCC(n2c(=O)[nH]c3ccccc32)CC1. The van der Waals surface area contributed by atoms with Crippen LogP contribution in [0.25, 0.3) is 11.0 Å². The monoisotopic (exact) mass is 421 g/mol. The fourth-order valence-electron chi connectivity index (χ4n) is 4.66. The van der Waals surface area contributed by atoms with Crippen molar-refractivity contribution in [2.24, 2.45) is 0 Å². The summed E-state index contributed by atoms with van der Waals surface area (Å²) in [4.78, 5) is 30.5. The van der Waals surface area contributed by atoms with Gasteiger partial charge in [-0.3, -0.25) is 9.36 Å². The third-order valence-corrected chi connectivity index (χ3v) is 6.31. The molecule has 2 saturated heterocycles. The summed E-state index contributed by atoms with van der Waals surface area (Å²) >= 11 is 0. The quantitative estimate of drug-likeness (QED) is 0.685. The maximum Gasteiger partial charge on any atom is 0.326 e. The maximum atomic E-state index is 13.2. The molecule has 5 rings (SSSR count). The van der Waals surface area contributed by atoms with E-state index in [0.717, 1.165) is 43.3 Å². The molecule has 1 aromatic heterocycles. The number of likely N-dealkylation sites (tertiary alicyclic amines) is 1. The second kappa shape index (κ2) is 8.59. The van der Waals surface area contributed by atoms with Gasteiger partial charge in [-0.15, -0.1) is 0 Å². The van der Waals surface area contributed by atoms with E-state index >= 15 is 0 Å². The molecule has 2 fully saturated rings. The Kier molecular flexibility index (Phi) is 5.51. The number of carbonyl (C=O) groups is 1. The minimum absolute atomic E-state index is 0.0207. The summed E-state index contributed by atoms with van der Waals surface area (Å²) < 4.78 is 13.4. The van der Waals surface area contributed by atoms with Crippen molar-refractivity contribution in [3.8, 4) is 5.75 Å². The molecule has 0 aliphatic carbocycles. The van der Waals surface area contributed by atoms with Gasteiger partial charge in [-0.1, -0.05) is 24.3 Å². The van der Waals surface area contributed by atoms with Crippen molar-refractivity contribution < 1.29 is 14.3 Å². The molecule has 3 aromatic rings. The summed E-state index contributed by atoms with van der Waals surface area (Å²) in [7, 11) is 0. The lowest BCUT2D eigenvalue weighted by Crippen LogP contribution is -2.40. The first kappa shape index (κ1) is 19.9. The number of carbonyl (C=O) groups excluding carboxylic acids is 1. The van der Waals surface area contributed by atoms with Crippen LogP contribution in [0.15, 0.2) is 53.3 Å². The van der Waals surface area contributed by atoms with Crippen LogP contribution < -0.4 is 10.4 Å². The average Bonchev–Trinajstić information content (AvgIpc) is 3.44. The van der Waals surface area contributed by atoms with Crippen molar-refractivity contribution in [3.05, 3.63) is 64.6 Å². The molecule has 3 heterocycles. The van der Waals surface area contributed by atoms with Crippen molar-refractivity contribution >= 4 is 16.9 Å². The predicted molar refractivity (Wildman–Crippen MR) is 118 cm³/mol. The zero-order chi connectivity index (χ0) is 21.2. The van der Waals surface area contributed by atoms with E-state index < -0.39 is 0 Å². The number of ether oxygens (including phenoxy) is 2. The third kappa shape index (κ3) is 3.97. The van der Waals surface area contributed by atoms with Crippen LogP contribution >= 0.6 is 0 Å². The van der Waals surface area contributed by atoms with E-state index in [1.807, 2.05) is 58.0 Å². The Bertz CT molecular complexity index is 1120. The molecule has 0 bridgehead atoms. The highest BCUT2D eigenvalue weighted by atomic mass is 16.5. The van der Waals surface area contributed by atoms with E-state index in [0.29, 0.717) is 31.0 Å². The van der Waals surface area contributed by atoms with Crippen molar-refractivity contribution in [1.29, 1.82) is 0 Å². The number of benzene rings is 2. The molecule has 0 spiro atoms. The molecular weight excluding hydrogens is 394 g/mol. The fourth-order valence-corrected chi connectivity index (χ4v) is 4.66. The number of nitrogens with zero attached hydrogens (tertiary/aromatic N) is 2. The fraction of sp³-hybridized carbons (Fsp3) is 0.417. The van der Waals surface area contributed by atoms with E-state index in [4.69, 9.17) is 9.47 Å². The van der Waals surface area contributed by atoms with Crippen LogP contribution in [-0.2, 0) is 4.74 Å². The van der Waals surface area contributed by atoms with Crippen LogP contribution in [0.4, 0.5) is 0 Å². The van der Waals surface area contributed by atoms with E-state index in [-0.39, 0.29) is 23.7 Å². The van der Waals surface area contributed by atoms with Crippen LogP contribution in [0.2, 0.25) is 0 Å². The molecule has 1 amide bonds. The molecular formula is C24H27N3O4. The molecule has 1 N–H and O–H groups in total. The van der Waals surface area contributed by atoms with Crippen molar-refractivity contribution in [2.75, 3.05) is 26.3 Å². The Morgan fingerprint density at radius 2 is 1.84 bits per heavy atom. The van der Waals surface area contributed by atoms with E-state index in [1.165, 1.54) is 0 Å². The predicted octanol–water partition coefficient (Wildman–Crippen LogP) is 3.36. The topological polar surface area (TPSA) is 76.6 Å². The number of amides is 1.